The molecular formula is C13H11ClF3NO3S. The Bertz CT molecular complexity index is 623. The second-order valence-corrected chi connectivity index (χ2v) is 5.71. The van der Waals surface area contributed by atoms with Crippen LogP contribution in [0.25, 0.3) is 0 Å². The second-order valence-electron chi connectivity index (χ2n) is 4.78. The molecule has 0 unspecified atom stereocenters. The molecule has 1 aromatic rings. The molecule has 1 heterocycles. The van der Waals surface area contributed by atoms with Gasteiger partial charge >= 0.3 is 12.3 Å². The molecule has 0 aromatic heterocycles. The van der Waals surface area contributed by atoms with Gasteiger partial charge in [-0.15, -0.1) is 12.6 Å². The SMILES string of the molecule is O=C(S)CCC[C@]1(C(F)(F)F)OC(=O)Nc2ccc(Cl)cc21. The van der Waals surface area contributed by atoms with Crippen LogP contribution in [0.5, 0.6) is 0 Å². The molecule has 0 bridgehead atoms. The van der Waals surface area contributed by atoms with E-state index in [4.69, 9.17) is 11.6 Å². The predicted octanol–water partition coefficient (Wildman–Crippen LogP) is 4.29. The van der Waals surface area contributed by atoms with E-state index in [0.29, 0.717) is 0 Å². The summed E-state index contributed by atoms with van der Waals surface area (Å²) < 4.78 is 45.6. The fraction of sp³-hybridized carbons (Fsp3) is 0.385. The lowest BCUT2D eigenvalue weighted by Crippen LogP contribution is -2.50. The standard InChI is InChI=1S/C13H11ClF3NO3S/c14-7-3-4-9-8(6-7)12(13(15,16)17,21-11(20)18-9)5-1-2-10(19)22/h3-4,6H,1-2,5H2,(H,18,20)(H,19,22)/t12-/m0/s1. The number of halogens is 4. The summed E-state index contributed by atoms with van der Waals surface area (Å²) >= 11 is 9.30. The summed E-state index contributed by atoms with van der Waals surface area (Å²) in [6, 6.07) is 3.75. The molecule has 9 heteroatoms. The van der Waals surface area contributed by atoms with Gasteiger partial charge in [-0.3, -0.25) is 10.1 Å². The number of carbonyl (C=O) groups excluding carboxylic acids is 2. The predicted molar refractivity (Wildman–Crippen MR) is 77.1 cm³/mol. The largest absolute Gasteiger partial charge is 0.432 e. The summed E-state index contributed by atoms with van der Waals surface area (Å²) in [6.45, 7) is 0. The van der Waals surface area contributed by atoms with Crippen molar-refractivity contribution in [3.8, 4) is 0 Å². The first-order valence-electron chi connectivity index (χ1n) is 6.24. The van der Waals surface area contributed by atoms with Crippen molar-refractivity contribution in [1.29, 1.82) is 0 Å². The molecule has 1 N–H and O–H groups in total. The molecule has 2 rings (SSSR count). The van der Waals surface area contributed by atoms with Crippen LogP contribution in [0, 0.1) is 0 Å². The number of rotatable bonds is 4. The van der Waals surface area contributed by atoms with Crippen LogP contribution in [0.15, 0.2) is 18.2 Å². The van der Waals surface area contributed by atoms with Crippen molar-refractivity contribution in [1.82, 2.24) is 0 Å². The Kier molecular flexibility index (Phi) is 4.62. The molecule has 0 radical (unpaired) electrons. The van der Waals surface area contributed by atoms with Crippen molar-refractivity contribution in [3.63, 3.8) is 0 Å². The zero-order valence-electron chi connectivity index (χ0n) is 11.0. The Morgan fingerprint density at radius 1 is 1.41 bits per heavy atom. The van der Waals surface area contributed by atoms with Crippen LogP contribution in [-0.4, -0.2) is 17.4 Å². The zero-order chi connectivity index (χ0) is 16.5. The van der Waals surface area contributed by atoms with Crippen LogP contribution >= 0.6 is 24.2 Å². The third-order valence-corrected chi connectivity index (χ3v) is 3.76. The number of alkyl halides is 3. The average molecular weight is 354 g/mol. The number of hydrogen-bond donors (Lipinski definition) is 2. The molecular weight excluding hydrogens is 343 g/mol. The van der Waals surface area contributed by atoms with E-state index in [0.717, 1.165) is 6.07 Å². The number of ether oxygens (including phenoxy) is 1. The van der Waals surface area contributed by atoms with Crippen molar-refractivity contribution < 1.29 is 27.5 Å². The molecule has 120 valence electrons. The Hall–Kier alpha value is -1.41. The number of amides is 1. The summed E-state index contributed by atoms with van der Waals surface area (Å²) in [5.41, 5.74) is -3.13. The van der Waals surface area contributed by atoms with Gasteiger partial charge in [0.15, 0.2) is 5.12 Å². The highest BCUT2D eigenvalue weighted by molar-refractivity contribution is 7.96. The number of cyclic esters (lactones) is 1. The van der Waals surface area contributed by atoms with Crippen LogP contribution < -0.4 is 5.32 Å². The molecule has 0 fully saturated rings. The van der Waals surface area contributed by atoms with Crippen molar-refractivity contribution in [2.45, 2.75) is 31.0 Å². The number of fused-ring (bicyclic) bond motifs is 1. The number of thiol groups is 1. The molecule has 22 heavy (non-hydrogen) atoms. The number of hydrogen-bond acceptors (Lipinski definition) is 3. The van der Waals surface area contributed by atoms with Gasteiger partial charge in [-0.2, -0.15) is 13.2 Å². The van der Waals surface area contributed by atoms with Crippen LogP contribution in [0.2, 0.25) is 5.02 Å². The molecule has 0 saturated heterocycles. The summed E-state index contributed by atoms with van der Waals surface area (Å²) in [4.78, 5) is 22.4. The fourth-order valence-electron chi connectivity index (χ4n) is 2.33. The lowest BCUT2D eigenvalue weighted by atomic mass is 9.85. The van der Waals surface area contributed by atoms with E-state index in [1.807, 2.05) is 0 Å². The average Bonchev–Trinajstić information content (AvgIpc) is 2.37. The topological polar surface area (TPSA) is 55.4 Å². The third kappa shape index (κ3) is 3.17. The summed E-state index contributed by atoms with van der Waals surface area (Å²) in [5.74, 6) is 0. The van der Waals surface area contributed by atoms with E-state index in [1.54, 1.807) is 0 Å². The minimum Gasteiger partial charge on any atom is -0.428 e. The highest BCUT2D eigenvalue weighted by atomic mass is 35.5. The van der Waals surface area contributed by atoms with E-state index >= 15 is 0 Å². The maximum atomic E-state index is 13.7. The molecule has 0 spiro atoms. The van der Waals surface area contributed by atoms with Crippen molar-refractivity contribution >= 4 is 41.1 Å². The maximum Gasteiger partial charge on any atom is 0.432 e. The van der Waals surface area contributed by atoms with E-state index in [1.165, 1.54) is 12.1 Å². The molecule has 1 aliphatic rings. The van der Waals surface area contributed by atoms with Gasteiger partial charge in [0.1, 0.15) is 0 Å². The Labute approximate surface area is 134 Å². The van der Waals surface area contributed by atoms with Gasteiger partial charge in [-0.25, -0.2) is 4.79 Å². The van der Waals surface area contributed by atoms with Gasteiger partial charge in [-0.05, 0) is 24.6 Å². The van der Waals surface area contributed by atoms with Gasteiger partial charge in [0.25, 0.3) is 0 Å². The Morgan fingerprint density at radius 2 is 2.09 bits per heavy atom. The Morgan fingerprint density at radius 3 is 2.68 bits per heavy atom. The first-order chi connectivity index (χ1) is 10.2. The van der Waals surface area contributed by atoms with E-state index in [2.05, 4.69) is 22.7 Å². The summed E-state index contributed by atoms with van der Waals surface area (Å²) in [6.07, 6.45) is -6.96. The first kappa shape index (κ1) is 17.0. The maximum absolute atomic E-state index is 13.7. The van der Waals surface area contributed by atoms with Gasteiger partial charge in [0, 0.05) is 23.4 Å². The van der Waals surface area contributed by atoms with Crippen LogP contribution in [0.4, 0.5) is 23.7 Å². The van der Waals surface area contributed by atoms with Gasteiger partial charge < -0.3 is 4.74 Å². The van der Waals surface area contributed by atoms with Crippen LogP contribution in [-0.2, 0) is 15.1 Å². The Balaban J connectivity index is 2.51. The number of carbonyl (C=O) groups is 2. The third-order valence-electron chi connectivity index (χ3n) is 3.30. The van der Waals surface area contributed by atoms with Crippen LogP contribution in [0.3, 0.4) is 0 Å². The molecule has 1 atom stereocenters. The molecule has 0 saturated carbocycles. The van der Waals surface area contributed by atoms with Crippen molar-refractivity contribution in [3.05, 3.63) is 28.8 Å². The second kappa shape index (κ2) is 6.00. The lowest BCUT2D eigenvalue weighted by molar-refractivity contribution is -0.267. The molecule has 1 aromatic carbocycles. The van der Waals surface area contributed by atoms with Crippen molar-refractivity contribution in [2.24, 2.45) is 0 Å². The smallest absolute Gasteiger partial charge is 0.428 e. The van der Waals surface area contributed by atoms with Gasteiger partial charge in [0.2, 0.25) is 5.60 Å². The molecule has 0 aliphatic carbocycles. The highest BCUT2D eigenvalue weighted by Crippen LogP contribution is 2.51. The monoisotopic (exact) mass is 353 g/mol. The quantitative estimate of drug-likeness (QED) is 0.794. The minimum absolute atomic E-state index is 0.0184. The fourth-order valence-corrected chi connectivity index (χ4v) is 2.67. The number of anilines is 1. The van der Waals surface area contributed by atoms with Crippen molar-refractivity contribution in [2.75, 3.05) is 5.32 Å². The first-order valence-corrected chi connectivity index (χ1v) is 7.07. The van der Waals surface area contributed by atoms with Crippen LogP contribution in [0.1, 0.15) is 24.8 Å². The van der Waals surface area contributed by atoms with Gasteiger partial charge in [-0.1, -0.05) is 11.6 Å². The molecule has 1 aliphatic heterocycles. The molecule has 1 amide bonds. The van der Waals surface area contributed by atoms with E-state index in [-0.39, 0.29) is 29.1 Å². The van der Waals surface area contributed by atoms with E-state index in [9.17, 15) is 22.8 Å². The molecule has 4 nitrogen and oxygen atoms in total. The summed E-state index contributed by atoms with van der Waals surface area (Å²) in [7, 11) is 0. The van der Waals surface area contributed by atoms with Gasteiger partial charge in [0.05, 0.1) is 5.69 Å². The van der Waals surface area contributed by atoms with E-state index < -0.39 is 29.4 Å². The number of nitrogens with one attached hydrogen (secondary N) is 1. The zero-order valence-corrected chi connectivity index (χ0v) is 12.7. The lowest BCUT2D eigenvalue weighted by Gasteiger charge is -2.39. The minimum atomic E-state index is -4.86. The highest BCUT2D eigenvalue weighted by Gasteiger charge is 2.61. The number of benzene rings is 1. The summed E-state index contributed by atoms with van der Waals surface area (Å²) in [5, 5.41) is 1.75. The normalized spacial score (nSPS) is 20.9.